The van der Waals surface area contributed by atoms with Gasteiger partial charge in [-0.3, -0.25) is 0 Å². The third-order valence-corrected chi connectivity index (χ3v) is 3.91. The molecule has 0 radical (unpaired) electrons. The Labute approximate surface area is 99.7 Å². The molecule has 1 atom stereocenters. The Morgan fingerprint density at radius 3 is 1.93 bits per heavy atom. The molecular weight excluding hydrogens is 272 g/mol. The van der Waals surface area contributed by atoms with Gasteiger partial charge in [0.1, 0.15) is 0 Å². The lowest BCUT2D eigenvalue weighted by atomic mass is 10.4. The summed E-state index contributed by atoms with van der Waals surface area (Å²) in [4.78, 5) is 1.66. The Balaban J connectivity index is 2.33. The molecule has 15 heavy (non-hydrogen) atoms. The lowest BCUT2D eigenvalue weighted by Crippen LogP contribution is -1.91. The maximum atomic E-state index is 12.1. The van der Waals surface area contributed by atoms with Gasteiger partial charge >= 0.3 is 0 Å². The minimum absolute atomic E-state index is 0.824. The van der Waals surface area contributed by atoms with E-state index in [4.69, 9.17) is 0 Å². The van der Waals surface area contributed by atoms with Crippen LogP contribution in [0.4, 0.5) is 0 Å². The third-order valence-electron chi connectivity index (χ3n) is 1.98. The van der Waals surface area contributed by atoms with Gasteiger partial charge in [0, 0.05) is 14.3 Å². The van der Waals surface area contributed by atoms with Crippen molar-refractivity contribution >= 4 is 26.7 Å². The lowest BCUT2D eigenvalue weighted by molar-refractivity contribution is 0.683. The van der Waals surface area contributed by atoms with Gasteiger partial charge in [-0.05, 0) is 36.4 Å². The third kappa shape index (κ3) is 2.55. The van der Waals surface area contributed by atoms with Gasteiger partial charge in [0.25, 0.3) is 0 Å². The summed E-state index contributed by atoms with van der Waals surface area (Å²) in [5, 5.41) is 0. The standard InChI is InChI=1S/C12H9BrOS/c13-10-6-8-12(9-7-10)15(14)11-4-2-1-3-5-11/h1-9H/t15-/m1/s1. The monoisotopic (exact) mass is 280 g/mol. The van der Waals surface area contributed by atoms with E-state index in [2.05, 4.69) is 15.9 Å². The normalized spacial score (nSPS) is 12.3. The molecule has 1 nitrogen and oxygen atoms in total. The van der Waals surface area contributed by atoms with Gasteiger partial charge in [-0.2, -0.15) is 0 Å². The van der Waals surface area contributed by atoms with Crippen molar-refractivity contribution in [1.29, 1.82) is 0 Å². The first-order valence-corrected chi connectivity index (χ1v) is 6.44. The van der Waals surface area contributed by atoms with Crippen LogP contribution in [0.5, 0.6) is 0 Å². The first-order valence-electron chi connectivity index (χ1n) is 4.50. The van der Waals surface area contributed by atoms with E-state index in [0.717, 1.165) is 14.3 Å². The average Bonchev–Trinajstić information content (AvgIpc) is 2.30. The second-order valence-corrected chi connectivity index (χ2v) is 5.43. The molecule has 2 aromatic carbocycles. The fraction of sp³-hybridized carbons (Fsp3) is 0. The predicted molar refractivity (Wildman–Crippen MR) is 65.3 cm³/mol. The van der Waals surface area contributed by atoms with Crippen LogP contribution in [-0.2, 0) is 10.8 Å². The highest BCUT2D eigenvalue weighted by atomic mass is 79.9. The molecule has 0 saturated heterocycles. The predicted octanol–water partition coefficient (Wildman–Crippen LogP) is 3.62. The quantitative estimate of drug-likeness (QED) is 0.821. The molecule has 0 aliphatic heterocycles. The molecule has 0 N–H and O–H groups in total. The molecule has 2 rings (SSSR count). The summed E-state index contributed by atoms with van der Waals surface area (Å²) in [6, 6.07) is 17.0. The SMILES string of the molecule is O=[S@](c1ccccc1)c1ccc(Br)cc1. The molecule has 0 bridgehead atoms. The summed E-state index contributed by atoms with van der Waals surface area (Å²) in [5.74, 6) is 0. The highest BCUT2D eigenvalue weighted by Crippen LogP contribution is 2.18. The van der Waals surface area contributed by atoms with Gasteiger partial charge in [-0.1, -0.05) is 34.1 Å². The smallest absolute Gasteiger partial charge is 0.0849 e. The van der Waals surface area contributed by atoms with E-state index >= 15 is 0 Å². The summed E-state index contributed by atoms with van der Waals surface area (Å²) in [5.41, 5.74) is 0. The zero-order chi connectivity index (χ0) is 10.7. The van der Waals surface area contributed by atoms with E-state index < -0.39 is 10.8 Å². The van der Waals surface area contributed by atoms with Crippen molar-refractivity contribution in [2.45, 2.75) is 9.79 Å². The topological polar surface area (TPSA) is 17.1 Å². The molecule has 2 aromatic rings. The lowest BCUT2D eigenvalue weighted by Gasteiger charge is -2.01. The van der Waals surface area contributed by atoms with E-state index in [0.29, 0.717) is 0 Å². The molecule has 76 valence electrons. The molecule has 0 fully saturated rings. The van der Waals surface area contributed by atoms with E-state index in [-0.39, 0.29) is 0 Å². The molecule has 3 heteroatoms. The zero-order valence-corrected chi connectivity index (χ0v) is 10.3. The van der Waals surface area contributed by atoms with E-state index in [1.807, 2.05) is 54.6 Å². The van der Waals surface area contributed by atoms with Crippen molar-refractivity contribution in [2.24, 2.45) is 0 Å². The van der Waals surface area contributed by atoms with E-state index in [1.54, 1.807) is 0 Å². The minimum atomic E-state index is -1.08. The molecule has 0 aliphatic rings. The van der Waals surface area contributed by atoms with Crippen molar-refractivity contribution < 1.29 is 4.21 Å². The maximum Gasteiger partial charge on any atom is 0.0849 e. The average molecular weight is 281 g/mol. The summed E-state index contributed by atoms with van der Waals surface area (Å²) >= 11 is 3.35. The van der Waals surface area contributed by atoms with Crippen molar-refractivity contribution in [3.8, 4) is 0 Å². The van der Waals surface area contributed by atoms with Crippen LogP contribution in [0.2, 0.25) is 0 Å². The van der Waals surface area contributed by atoms with Crippen LogP contribution in [0.3, 0.4) is 0 Å². The molecule has 0 aliphatic carbocycles. The van der Waals surface area contributed by atoms with Gasteiger partial charge in [0.05, 0.1) is 10.8 Å². The highest BCUT2D eigenvalue weighted by molar-refractivity contribution is 9.10. The van der Waals surface area contributed by atoms with Crippen LogP contribution in [-0.4, -0.2) is 4.21 Å². The van der Waals surface area contributed by atoms with Gasteiger partial charge in [0.2, 0.25) is 0 Å². The Morgan fingerprint density at radius 2 is 1.33 bits per heavy atom. The van der Waals surface area contributed by atoms with Crippen LogP contribution in [0.25, 0.3) is 0 Å². The Bertz CT molecular complexity index is 465. The van der Waals surface area contributed by atoms with Gasteiger partial charge < -0.3 is 0 Å². The van der Waals surface area contributed by atoms with Crippen molar-refractivity contribution in [3.63, 3.8) is 0 Å². The fourth-order valence-corrected chi connectivity index (χ4v) is 2.56. The molecular formula is C12H9BrOS. The highest BCUT2D eigenvalue weighted by Gasteiger charge is 2.05. The second kappa shape index (κ2) is 4.73. The molecule has 0 spiro atoms. The summed E-state index contributed by atoms with van der Waals surface area (Å²) < 4.78 is 13.0. The van der Waals surface area contributed by atoms with Crippen molar-refractivity contribution in [3.05, 3.63) is 59.1 Å². The fourth-order valence-electron chi connectivity index (χ4n) is 1.24. The molecule has 0 unspecified atom stereocenters. The molecule has 0 heterocycles. The zero-order valence-electron chi connectivity index (χ0n) is 7.89. The second-order valence-electron chi connectivity index (χ2n) is 3.04. The number of rotatable bonds is 2. The maximum absolute atomic E-state index is 12.1. The van der Waals surface area contributed by atoms with Crippen molar-refractivity contribution in [2.75, 3.05) is 0 Å². The van der Waals surface area contributed by atoms with Gasteiger partial charge in [-0.25, -0.2) is 4.21 Å². The van der Waals surface area contributed by atoms with E-state index in [9.17, 15) is 4.21 Å². The largest absolute Gasteiger partial charge is 0.249 e. The summed E-state index contributed by atoms with van der Waals surface area (Å²) in [7, 11) is -1.08. The Hall–Kier alpha value is -0.930. The van der Waals surface area contributed by atoms with Crippen LogP contribution in [0, 0.1) is 0 Å². The minimum Gasteiger partial charge on any atom is -0.249 e. The molecule has 0 aromatic heterocycles. The van der Waals surface area contributed by atoms with Crippen LogP contribution < -0.4 is 0 Å². The number of benzene rings is 2. The van der Waals surface area contributed by atoms with Crippen LogP contribution >= 0.6 is 15.9 Å². The summed E-state index contributed by atoms with van der Waals surface area (Å²) in [6.45, 7) is 0. The molecule has 0 amide bonds. The number of halogens is 1. The first-order chi connectivity index (χ1) is 7.27. The Morgan fingerprint density at radius 1 is 0.800 bits per heavy atom. The number of hydrogen-bond acceptors (Lipinski definition) is 1. The number of hydrogen-bond donors (Lipinski definition) is 0. The first kappa shape index (κ1) is 10.6. The van der Waals surface area contributed by atoms with Crippen molar-refractivity contribution in [1.82, 2.24) is 0 Å². The van der Waals surface area contributed by atoms with Crippen LogP contribution in [0.15, 0.2) is 68.9 Å². The van der Waals surface area contributed by atoms with Gasteiger partial charge in [0.15, 0.2) is 0 Å². The van der Waals surface area contributed by atoms with E-state index in [1.165, 1.54) is 0 Å². The molecule has 0 saturated carbocycles. The van der Waals surface area contributed by atoms with Gasteiger partial charge in [-0.15, -0.1) is 0 Å². The summed E-state index contributed by atoms with van der Waals surface area (Å²) in [6.07, 6.45) is 0. The van der Waals surface area contributed by atoms with Crippen LogP contribution in [0.1, 0.15) is 0 Å². The Kier molecular flexibility index (Phi) is 3.34.